The topological polar surface area (TPSA) is 59.4 Å². The van der Waals surface area contributed by atoms with Crippen molar-refractivity contribution >= 4 is 5.96 Å². The lowest BCUT2D eigenvalue weighted by molar-refractivity contribution is 0.338. The Hall–Kier alpha value is -2.30. The van der Waals surface area contributed by atoms with Crippen molar-refractivity contribution in [3.05, 3.63) is 47.8 Å². The van der Waals surface area contributed by atoms with Crippen molar-refractivity contribution in [3.63, 3.8) is 0 Å². The van der Waals surface area contributed by atoms with Crippen LogP contribution >= 0.6 is 0 Å². The zero-order valence-electron chi connectivity index (χ0n) is 13.1. The monoisotopic (exact) mass is 297 g/mol. The molecule has 2 heterocycles. The van der Waals surface area contributed by atoms with Gasteiger partial charge in [-0.15, -0.1) is 0 Å². The van der Waals surface area contributed by atoms with E-state index in [0.717, 1.165) is 30.0 Å². The van der Waals surface area contributed by atoms with Gasteiger partial charge in [0, 0.05) is 19.3 Å². The first-order valence-corrected chi connectivity index (χ1v) is 7.89. The molecule has 0 amide bonds. The van der Waals surface area contributed by atoms with Crippen LogP contribution in [0.2, 0.25) is 0 Å². The molecule has 1 aromatic heterocycles. The molecule has 116 valence electrons. The highest BCUT2D eigenvalue weighted by molar-refractivity contribution is 5.78. The van der Waals surface area contributed by atoms with Crippen molar-refractivity contribution in [2.45, 2.75) is 32.7 Å². The lowest BCUT2D eigenvalue weighted by Gasteiger charge is -2.27. The average molecular weight is 297 g/mol. The molecule has 0 bridgehead atoms. The highest BCUT2D eigenvalue weighted by Crippen LogP contribution is 2.16. The van der Waals surface area contributed by atoms with Crippen molar-refractivity contribution < 1.29 is 0 Å². The molecule has 2 N–H and O–H groups in total. The maximum absolute atomic E-state index is 6.14. The minimum Gasteiger partial charge on any atom is -0.370 e. The number of rotatable bonds is 3. The molecule has 1 fully saturated rings. The number of hydrogen-bond donors (Lipinski definition) is 1. The number of aliphatic imine (C=N–C) groups is 1. The average Bonchev–Trinajstić information content (AvgIpc) is 3.00. The number of para-hydroxylation sites is 1. The van der Waals surface area contributed by atoms with Crippen LogP contribution in [0.4, 0.5) is 0 Å². The number of nitrogens with zero attached hydrogens (tertiary/aromatic N) is 4. The maximum Gasteiger partial charge on any atom is 0.191 e. The van der Waals surface area contributed by atoms with Crippen LogP contribution in [-0.4, -0.2) is 33.7 Å². The Kier molecular flexibility index (Phi) is 4.42. The summed E-state index contributed by atoms with van der Waals surface area (Å²) in [6.45, 7) is 4.62. The van der Waals surface area contributed by atoms with Gasteiger partial charge in [-0.3, -0.25) is 0 Å². The first kappa shape index (κ1) is 14.6. The van der Waals surface area contributed by atoms with Gasteiger partial charge >= 0.3 is 0 Å². The number of hydrogen-bond acceptors (Lipinski definition) is 2. The van der Waals surface area contributed by atoms with Crippen LogP contribution < -0.4 is 5.73 Å². The molecule has 3 rings (SSSR count). The molecular weight excluding hydrogens is 274 g/mol. The van der Waals surface area contributed by atoms with E-state index in [-0.39, 0.29) is 0 Å². The first-order valence-electron chi connectivity index (χ1n) is 7.89. The van der Waals surface area contributed by atoms with E-state index >= 15 is 0 Å². The molecule has 22 heavy (non-hydrogen) atoms. The second kappa shape index (κ2) is 6.64. The predicted molar refractivity (Wildman–Crippen MR) is 89.1 cm³/mol. The maximum atomic E-state index is 6.14. The summed E-state index contributed by atoms with van der Waals surface area (Å²) in [6.07, 6.45) is 5.69. The summed E-state index contributed by atoms with van der Waals surface area (Å²) in [5.74, 6) is 0.658. The molecule has 1 aromatic carbocycles. The van der Waals surface area contributed by atoms with Crippen LogP contribution in [0.3, 0.4) is 0 Å². The van der Waals surface area contributed by atoms with Crippen LogP contribution in [0, 0.1) is 6.92 Å². The van der Waals surface area contributed by atoms with Gasteiger partial charge < -0.3 is 10.6 Å². The molecule has 0 radical (unpaired) electrons. The summed E-state index contributed by atoms with van der Waals surface area (Å²) in [6, 6.07) is 10.2. The van der Waals surface area contributed by atoms with E-state index in [1.54, 1.807) is 0 Å². The Balaban J connectivity index is 1.77. The summed E-state index contributed by atoms with van der Waals surface area (Å²) < 4.78 is 1.90. The van der Waals surface area contributed by atoms with Gasteiger partial charge in [0.15, 0.2) is 5.96 Å². The number of likely N-dealkylation sites (tertiary alicyclic amines) is 1. The fourth-order valence-electron chi connectivity index (χ4n) is 2.81. The largest absolute Gasteiger partial charge is 0.370 e. The van der Waals surface area contributed by atoms with Gasteiger partial charge in [-0.1, -0.05) is 18.2 Å². The molecule has 0 saturated carbocycles. The van der Waals surface area contributed by atoms with Crippen molar-refractivity contribution in [2.24, 2.45) is 10.7 Å². The summed E-state index contributed by atoms with van der Waals surface area (Å²) in [4.78, 5) is 6.77. The van der Waals surface area contributed by atoms with Crippen molar-refractivity contribution in [3.8, 4) is 5.69 Å². The standard InChI is InChI=1S/C17H23N5/c1-14-9-12-22(20-14)16-8-4-3-7-15(16)13-19-17(18)21-10-5-2-6-11-21/h3-4,7-9,12H,2,5-6,10-11,13H2,1H3,(H2,18,19). The molecule has 5 nitrogen and oxygen atoms in total. The van der Waals surface area contributed by atoms with Crippen LogP contribution in [0.5, 0.6) is 0 Å². The minimum atomic E-state index is 0.581. The van der Waals surface area contributed by atoms with Gasteiger partial charge in [-0.2, -0.15) is 5.10 Å². The van der Waals surface area contributed by atoms with Gasteiger partial charge in [0.1, 0.15) is 0 Å². The SMILES string of the molecule is Cc1ccn(-c2ccccc2CN=C(N)N2CCCCC2)n1. The van der Waals surface area contributed by atoms with E-state index in [1.807, 2.05) is 36.0 Å². The zero-order valence-corrected chi connectivity index (χ0v) is 13.1. The van der Waals surface area contributed by atoms with Crippen molar-refractivity contribution in [1.29, 1.82) is 0 Å². The van der Waals surface area contributed by atoms with Crippen LogP contribution in [-0.2, 0) is 6.54 Å². The van der Waals surface area contributed by atoms with E-state index in [0.29, 0.717) is 12.5 Å². The van der Waals surface area contributed by atoms with E-state index in [1.165, 1.54) is 19.3 Å². The van der Waals surface area contributed by atoms with Gasteiger partial charge in [0.25, 0.3) is 0 Å². The molecule has 0 unspecified atom stereocenters. The van der Waals surface area contributed by atoms with Crippen LogP contribution in [0.1, 0.15) is 30.5 Å². The summed E-state index contributed by atoms with van der Waals surface area (Å²) in [5.41, 5.74) is 9.34. The van der Waals surface area contributed by atoms with Crippen LogP contribution in [0.25, 0.3) is 5.69 Å². The van der Waals surface area contributed by atoms with Gasteiger partial charge in [0.2, 0.25) is 0 Å². The Morgan fingerprint density at radius 2 is 1.95 bits per heavy atom. The number of guanidine groups is 1. The lowest BCUT2D eigenvalue weighted by atomic mass is 10.1. The number of nitrogens with two attached hydrogens (primary N) is 1. The predicted octanol–water partition coefficient (Wildman–Crippen LogP) is 2.48. The van der Waals surface area contributed by atoms with E-state index in [4.69, 9.17) is 5.73 Å². The second-order valence-corrected chi connectivity index (χ2v) is 5.75. The Morgan fingerprint density at radius 1 is 1.18 bits per heavy atom. The molecule has 1 saturated heterocycles. The second-order valence-electron chi connectivity index (χ2n) is 5.75. The molecule has 5 heteroatoms. The highest BCUT2D eigenvalue weighted by atomic mass is 15.3. The smallest absolute Gasteiger partial charge is 0.191 e. The number of aryl methyl sites for hydroxylation is 1. The fraction of sp³-hybridized carbons (Fsp3) is 0.412. The fourth-order valence-corrected chi connectivity index (χ4v) is 2.81. The number of benzene rings is 1. The third kappa shape index (κ3) is 3.30. The van der Waals surface area contributed by atoms with E-state index < -0.39 is 0 Å². The number of piperidine rings is 1. The highest BCUT2D eigenvalue weighted by Gasteiger charge is 2.12. The Bertz CT molecular complexity index is 653. The van der Waals surface area contributed by atoms with Crippen molar-refractivity contribution in [2.75, 3.05) is 13.1 Å². The number of aromatic nitrogens is 2. The normalized spacial score (nSPS) is 16.0. The molecule has 0 aliphatic carbocycles. The zero-order chi connectivity index (χ0) is 15.4. The van der Waals surface area contributed by atoms with E-state index in [9.17, 15) is 0 Å². The third-order valence-electron chi connectivity index (χ3n) is 4.05. The van der Waals surface area contributed by atoms with Gasteiger partial charge in [0.05, 0.1) is 17.9 Å². The Labute approximate surface area is 131 Å². The lowest BCUT2D eigenvalue weighted by Crippen LogP contribution is -2.40. The van der Waals surface area contributed by atoms with E-state index in [2.05, 4.69) is 27.1 Å². The summed E-state index contributed by atoms with van der Waals surface area (Å²) in [7, 11) is 0. The van der Waals surface area contributed by atoms with Gasteiger partial charge in [-0.25, -0.2) is 9.67 Å². The quantitative estimate of drug-likeness (QED) is 0.699. The molecular formula is C17H23N5. The molecule has 1 aliphatic rings. The van der Waals surface area contributed by atoms with Crippen LogP contribution in [0.15, 0.2) is 41.5 Å². The minimum absolute atomic E-state index is 0.581. The van der Waals surface area contributed by atoms with Crippen molar-refractivity contribution in [1.82, 2.24) is 14.7 Å². The molecule has 1 aliphatic heterocycles. The molecule has 0 spiro atoms. The Morgan fingerprint density at radius 3 is 2.68 bits per heavy atom. The first-order chi connectivity index (χ1) is 10.7. The molecule has 2 aromatic rings. The third-order valence-corrected chi connectivity index (χ3v) is 4.05. The van der Waals surface area contributed by atoms with Gasteiger partial charge in [-0.05, 0) is 43.9 Å². The summed E-state index contributed by atoms with van der Waals surface area (Å²) >= 11 is 0. The summed E-state index contributed by atoms with van der Waals surface area (Å²) in [5, 5.41) is 4.49. The molecule has 0 atom stereocenters.